The number of nitrogens with zero attached hydrogens (tertiary/aromatic N) is 4. The highest BCUT2D eigenvalue weighted by atomic mass is 35.5. The maximum absolute atomic E-state index is 12.8. The number of anilines is 1. The van der Waals surface area contributed by atoms with E-state index >= 15 is 0 Å². The van der Waals surface area contributed by atoms with Crippen molar-refractivity contribution in [2.24, 2.45) is 0 Å². The fraction of sp³-hybridized carbons (Fsp3) is 0.167. The van der Waals surface area contributed by atoms with E-state index < -0.39 is 16.5 Å². The number of thiazole rings is 1. The van der Waals surface area contributed by atoms with Gasteiger partial charge in [-0.2, -0.15) is 5.26 Å². The van der Waals surface area contributed by atoms with Crippen molar-refractivity contribution >= 4 is 73.1 Å². The predicted molar refractivity (Wildman–Crippen MR) is 138 cm³/mol. The Morgan fingerprint density at radius 2 is 2.06 bits per heavy atom. The number of nitriles is 1. The van der Waals surface area contributed by atoms with Crippen molar-refractivity contribution in [1.82, 2.24) is 4.98 Å². The molecule has 4 rings (SSSR count). The van der Waals surface area contributed by atoms with Gasteiger partial charge in [-0.15, -0.1) is 11.3 Å². The summed E-state index contributed by atoms with van der Waals surface area (Å²) in [4.78, 5) is 41.4. The first-order chi connectivity index (χ1) is 17.2. The summed E-state index contributed by atoms with van der Waals surface area (Å²) < 4.78 is 5.99. The average Bonchev–Trinajstić information content (AvgIpc) is 3.27. The molecule has 36 heavy (non-hydrogen) atoms. The molecule has 182 valence electrons. The van der Waals surface area contributed by atoms with E-state index in [1.54, 1.807) is 4.90 Å². The lowest BCUT2D eigenvalue weighted by Gasteiger charge is -2.21. The van der Waals surface area contributed by atoms with Crippen molar-refractivity contribution in [1.29, 1.82) is 5.26 Å². The van der Waals surface area contributed by atoms with Crippen molar-refractivity contribution in [3.05, 3.63) is 72.0 Å². The number of fused-ring (bicyclic) bond motifs is 2. The molecule has 1 N–H and O–H groups in total. The van der Waals surface area contributed by atoms with E-state index in [4.69, 9.17) is 16.0 Å². The van der Waals surface area contributed by atoms with Gasteiger partial charge in [-0.05, 0) is 38.1 Å². The zero-order chi connectivity index (χ0) is 26.1. The number of nitro benzene ring substituents is 1. The number of hydrogen-bond donors (Lipinski definition) is 1. The van der Waals surface area contributed by atoms with Gasteiger partial charge in [0.15, 0.2) is 0 Å². The Labute approximate surface area is 212 Å². The van der Waals surface area contributed by atoms with Crippen LogP contribution in [0.2, 0.25) is 5.02 Å². The molecular weight excluding hydrogens is 508 g/mol. The normalized spacial score (nSPS) is 11.6. The molecule has 0 radical (unpaired) electrons. The number of hydrogen-bond acceptors (Lipinski definition) is 9. The van der Waals surface area contributed by atoms with Gasteiger partial charge in [-0.25, -0.2) is 14.6 Å². The van der Waals surface area contributed by atoms with E-state index in [-0.39, 0.29) is 43.4 Å². The van der Waals surface area contributed by atoms with Gasteiger partial charge in [-0.3, -0.25) is 10.1 Å². The molecule has 0 bridgehead atoms. The second kappa shape index (κ2) is 9.77. The Morgan fingerprint density at radius 1 is 1.33 bits per heavy atom. The van der Waals surface area contributed by atoms with Crippen LogP contribution in [0.5, 0.6) is 0 Å². The second-order valence-corrected chi connectivity index (χ2v) is 8.97. The average molecular weight is 525 g/mol. The molecule has 0 saturated heterocycles. The summed E-state index contributed by atoms with van der Waals surface area (Å²) in [7, 11) is 0. The maximum Gasteiger partial charge on any atom is 0.345 e. The molecule has 2 aromatic heterocycles. The van der Waals surface area contributed by atoms with Gasteiger partial charge in [0, 0.05) is 30.6 Å². The number of aromatic carboxylic acids is 1. The number of carbonyl (C=O) groups is 1. The summed E-state index contributed by atoms with van der Waals surface area (Å²) in [6, 6.07) is 9.01. The van der Waals surface area contributed by atoms with Crippen LogP contribution >= 0.6 is 22.9 Å². The van der Waals surface area contributed by atoms with Crippen LogP contribution in [0.4, 0.5) is 11.4 Å². The number of allylic oxidation sites excluding steroid dienone is 1. The highest BCUT2D eigenvalue weighted by Crippen LogP contribution is 2.37. The fourth-order valence-electron chi connectivity index (χ4n) is 3.75. The zero-order valence-corrected chi connectivity index (χ0v) is 20.5. The topological polar surface area (TPSA) is 151 Å². The summed E-state index contributed by atoms with van der Waals surface area (Å²) in [5.41, 5.74) is -0.248. The van der Waals surface area contributed by atoms with Crippen molar-refractivity contribution in [3.8, 4) is 6.07 Å². The van der Waals surface area contributed by atoms with Crippen molar-refractivity contribution in [3.63, 3.8) is 0 Å². The number of rotatable bonds is 7. The number of carboxylic acids is 1. The predicted octanol–water partition coefficient (Wildman–Crippen LogP) is 5.57. The summed E-state index contributed by atoms with van der Waals surface area (Å²) in [6.07, 6.45) is 1.22. The SMILES string of the molecule is CCN(CC)c1cc2oc(=O)c(C=C(C#N)c3nc4ccc(C(=O)O)cc4s3)c(Cl)c2cc1[N+](=O)[O-]. The molecule has 0 aliphatic heterocycles. The third-order valence-electron chi connectivity index (χ3n) is 5.55. The van der Waals surface area contributed by atoms with Crippen LogP contribution < -0.4 is 10.5 Å². The molecule has 4 aromatic rings. The molecule has 0 aliphatic rings. The van der Waals surface area contributed by atoms with E-state index in [1.807, 2.05) is 19.9 Å². The minimum absolute atomic E-state index is 0.00381. The molecule has 0 spiro atoms. The van der Waals surface area contributed by atoms with Gasteiger partial charge >= 0.3 is 11.6 Å². The van der Waals surface area contributed by atoms with Crippen molar-refractivity contribution in [2.75, 3.05) is 18.0 Å². The Kier molecular flexibility index (Phi) is 6.74. The quantitative estimate of drug-likeness (QED) is 0.141. The molecular formula is C24H17ClN4O6S. The highest BCUT2D eigenvalue weighted by molar-refractivity contribution is 7.19. The Balaban J connectivity index is 1.90. The van der Waals surface area contributed by atoms with Crippen LogP contribution in [-0.4, -0.2) is 34.1 Å². The zero-order valence-electron chi connectivity index (χ0n) is 18.9. The summed E-state index contributed by atoms with van der Waals surface area (Å²) in [5, 5.41) is 31.0. The van der Waals surface area contributed by atoms with Gasteiger partial charge in [0.05, 0.1) is 36.9 Å². The molecule has 10 nitrogen and oxygen atoms in total. The van der Waals surface area contributed by atoms with Crippen molar-refractivity contribution in [2.45, 2.75) is 13.8 Å². The Hall–Kier alpha value is -4.27. The van der Waals surface area contributed by atoms with Crippen LogP contribution in [0.1, 0.15) is 34.8 Å². The lowest BCUT2D eigenvalue weighted by molar-refractivity contribution is -0.384. The molecule has 0 atom stereocenters. The fourth-order valence-corrected chi connectivity index (χ4v) is 5.00. The van der Waals surface area contributed by atoms with E-state index in [9.17, 15) is 30.1 Å². The van der Waals surface area contributed by atoms with Crippen LogP contribution in [0, 0.1) is 21.4 Å². The van der Waals surface area contributed by atoms with Gasteiger partial charge in [0.2, 0.25) is 0 Å². The largest absolute Gasteiger partial charge is 0.478 e. The second-order valence-electron chi connectivity index (χ2n) is 7.56. The molecule has 0 fully saturated rings. The van der Waals surface area contributed by atoms with Gasteiger partial charge in [0.1, 0.15) is 22.3 Å². The monoisotopic (exact) mass is 524 g/mol. The molecule has 0 aliphatic carbocycles. The lowest BCUT2D eigenvalue weighted by atomic mass is 10.1. The van der Waals surface area contributed by atoms with Crippen LogP contribution in [0.3, 0.4) is 0 Å². The lowest BCUT2D eigenvalue weighted by Crippen LogP contribution is -2.22. The Bertz CT molecular complexity index is 1680. The molecule has 0 saturated carbocycles. The standard InChI is InChI=1S/C24H17ClN4O6S/c1-3-28(4-2)17-10-19-14(9-18(17)29(33)34)21(25)15(24(32)35-19)7-13(11-26)22-27-16-6-5-12(23(30)31)8-20(16)36-22/h5-10H,3-4H2,1-2H3,(H,30,31). The van der Waals surface area contributed by atoms with Gasteiger partial charge in [0.25, 0.3) is 5.69 Å². The smallest absolute Gasteiger partial charge is 0.345 e. The number of halogens is 1. The van der Waals surface area contributed by atoms with E-state index in [0.717, 1.165) is 11.3 Å². The van der Waals surface area contributed by atoms with Crippen LogP contribution in [0.25, 0.3) is 32.8 Å². The van der Waals surface area contributed by atoms with Crippen LogP contribution in [0.15, 0.2) is 39.5 Å². The van der Waals surface area contributed by atoms with E-state index in [2.05, 4.69) is 4.98 Å². The van der Waals surface area contributed by atoms with E-state index in [0.29, 0.717) is 29.0 Å². The molecule has 2 heterocycles. The summed E-state index contributed by atoms with van der Waals surface area (Å²) >= 11 is 7.59. The maximum atomic E-state index is 12.8. The van der Waals surface area contributed by atoms with Gasteiger partial charge in [-0.1, -0.05) is 11.6 Å². The Morgan fingerprint density at radius 3 is 2.67 bits per heavy atom. The number of benzene rings is 2. The number of nitro groups is 1. The van der Waals surface area contributed by atoms with Gasteiger partial charge < -0.3 is 14.4 Å². The summed E-state index contributed by atoms with van der Waals surface area (Å²) in [5.74, 6) is -1.10. The molecule has 2 aromatic carbocycles. The summed E-state index contributed by atoms with van der Waals surface area (Å²) in [6.45, 7) is 4.71. The number of aromatic nitrogens is 1. The highest BCUT2D eigenvalue weighted by Gasteiger charge is 2.23. The third-order valence-corrected chi connectivity index (χ3v) is 7.01. The van der Waals surface area contributed by atoms with E-state index in [1.165, 1.54) is 36.4 Å². The minimum Gasteiger partial charge on any atom is -0.478 e. The molecule has 0 unspecified atom stereocenters. The van der Waals surface area contributed by atoms with Crippen molar-refractivity contribution < 1.29 is 19.2 Å². The third kappa shape index (κ3) is 4.39. The first kappa shape index (κ1) is 24.8. The first-order valence-corrected chi connectivity index (χ1v) is 11.8. The molecule has 12 heteroatoms. The van der Waals surface area contributed by atoms with Crippen LogP contribution in [-0.2, 0) is 0 Å². The number of carboxylic acid groups (broad SMARTS) is 1. The first-order valence-electron chi connectivity index (χ1n) is 10.6. The molecule has 0 amide bonds. The minimum atomic E-state index is -1.10.